The van der Waals surface area contributed by atoms with Crippen LogP contribution in [0.1, 0.15) is 66.8 Å². The van der Waals surface area contributed by atoms with E-state index in [1.165, 1.54) is 245 Å². The molecule has 0 amide bonds. The first-order chi connectivity index (χ1) is 73.4. The third kappa shape index (κ3) is 10.4. The van der Waals surface area contributed by atoms with Gasteiger partial charge in [-0.25, -0.2) is 0 Å². The molecule has 0 fully saturated rings. The summed E-state index contributed by atoms with van der Waals surface area (Å²) in [4.78, 5) is 0. The fraction of sp³-hybridized carbons (Fsp3) is 0.0213. The van der Waals surface area contributed by atoms with Gasteiger partial charge >= 0.3 is 0 Å². The Balaban J connectivity index is 0.0000000960. The topological polar surface area (TPSA) is 41.1 Å². The molecule has 0 saturated carbocycles. The van der Waals surface area contributed by atoms with Gasteiger partial charge in [-0.05, 0) is 225 Å². The standard InChI is InChI=1S/C55H31NO2.2C43H25NS/c1-5-21-44-36(13-1)37-14-2-6-22-45(37)55(44)46-23-7-8-24-49(46)56-48-28-27-32(34-17-11-19-40-38-15-3-9-25-50(38)57-53(34)40)29-42(48)43-30-33(31-47(55)52(43)56)35-18-12-20-41-39-16-4-10-26-51(39)58-54(35)41;1-5-18-34-28(11-1)29-12-2-6-19-35(29)43(34)36-20-10-16-32-30-13-3-7-21-38(30)44(41(32)36)39-24-23-26(25-37(39)43)27-15-9-17-33-31-14-4-8-22-40(31)45-42(27)33;1-4-17-34-28(11-1)29-24-23-26(27-14-9-16-33-31-13-3-8-22-40(31)45-42(27)33)25-37(29)43(34)35-18-5-7-21-39(35)44-38-20-6-2-12-30(38)32-15-10-19-36(43)41(32)44/h1-31H;2*1-25H. The molecule has 6 aliphatic rings. The number of thiophene rings is 2. The van der Waals surface area contributed by atoms with E-state index >= 15 is 0 Å². The van der Waals surface area contributed by atoms with E-state index in [0.717, 1.165) is 66.1 Å². The van der Waals surface area contributed by atoms with Crippen LogP contribution in [0.4, 0.5) is 0 Å². The normalized spacial score (nSPS) is 14.5. The first-order valence-electron chi connectivity index (χ1n) is 51.2. The molecule has 3 aliphatic heterocycles. The van der Waals surface area contributed by atoms with Crippen LogP contribution in [0.15, 0.2) is 500 Å². The zero-order valence-electron chi connectivity index (χ0n) is 79.7. The molecule has 0 saturated heterocycles. The average molecular weight is 1910 g/mol. The number of rotatable bonds is 4. The summed E-state index contributed by atoms with van der Waals surface area (Å²) in [6, 6.07) is 183. The lowest BCUT2D eigenvalue weighted by molar-refractivity contribution is 0.669. The summed E-state index contributed by atoms with van der Waals surface area (Å²) >= 11 is 3.81. The van der Waals surface area contributed by atoms with Gasteiger partial charge in [0.15, 0.2) is 0 Å². The number of benzene rings is 23. The fourth-order valence-electron chi connectivity index (χ4n) is 28.3. The molecule has 3 spiro atoms. The minimum Gasteiger partial charge on any atom is -0.455 e. The third-order valence-corrected chi connectivity index (χ3v) is 36.5. The average Bonchev–Trinajstić information content (AvgIpc) is 1.52. The Kier molecular flexibility index (Phi) is 16.3. The summed E-state index contributed by atoms with van der Waals surface area (Å²) in [6.07, 6.45) is 0. The number of furan rings is 2. The predicted octanol–water partition coefficient (Wildman–Crippen LogP) is 37.6. The van der Waals surface area contributed by atoms with Crippen molar-refractivity contribution in [3.05, 3.63) is 558 Å². The van der Waals surface area contributed by atoms with E-state index in [0.29, 0.717) is 0 Å². The van der Waals surface area contributed by atoms with Gasteiger partial charge in [0.1, 0.15) is 22.3 Å². The Morgan fingerprint density at radius 2 is 0.466 bits per heavy atom. The summed E-state index contributed by atoms with van der Waals surface area (Å²) in [7, 11) is 0. The first-order valence-corrected chi connectivity index (χ1v) is 52.9. The number of para-hydroxylation sites is 10. The van der Waals surface area contributed by atoms with Crippen LogP contribution in [0.3, 0.4) is 0 Å². The van der Waals surface area contributed by atoms with Gasteiger partial charge in [0, 0.05) is 105 Å². The molecule has 684 valence electrons. The highest BCUT2D eigenvalue weighted by molar-refractivity contribution is 7.26. The monoisotopic (exact) mass is 1910 g/mol. The van der Waals surface area contributed by atoms with E-state index in [1.54, 1.807) is 0 Å². The van der Waals surface area contributed by atoms with Crippen molar-refractivity contribution in [1.29, 1.82) is 0 Å². The molecule has 1 atom stereocenters. The smallest absolute Gasteiger partial charge is 0.143 e. The lowest BCUT2D eigenvalue weighted by Crippen LogP contribution is -2.33. The SMILES string of the molecule is c1ccc2c(c1)-c1ccc(-c3cccc4c3sc3ccccc34)cc1C21c2ccccc2-n2c3ccccc3c3cccc1c32.c1ccc2c(c1)-c1ccccc1C21c2cc(-c3cccc4c3sc3ccccc34)ccc2-n2c3ccccc3c3cccc1c32.c1ccc2c(c1)-c1ccccc1C21c2ccccc2-n2c3ccc(-c4cccc5c4oc4ccccc45)cc3c3cc(-c4cccc5c4oc4ccccc45)cc1c32. The quantitative estimate of drug-likeness (QED) is 0.176. The van der Waals surface area contributed by atoms with E-state index in [1.807, 2.05) is 28.7 Å². The lowest BCUT2D eigenvalue weighted by Gasteiger charge is -2.40. The molecule has 0 radical (unpaired) electrons. The molecule has 5 nitrogen and oxygen atoms in total. The molecule has 30 aromatic rings. The van der Waals surface area contributed by atoms with Crippen LogP contribution >= 0.6 is 22.7 Å². The number of nitrogens with zero attached hydrogens (tertiary/aromatic N) is 3. The van der Waals surface area contributed by atoms with Gasteiger partial charge in [-0.3, -0.25) is 0 Å². The van der Waals surface area contributed by atoms with Crippen molar-refractivity contribution in [2.75, 3.05) is 0 Å². The Hall–Kier alpha value is -18.5. The molecule has 1 unspecified atom stereocenters. The summed E-state index contributed by atoms with van der Waals surface area (Å²) < 4.78 is 26.3. The molecular weight excluding hydrogens is 1830 g/mol. The number of hydrogen-bond acceptors (Lipinski definition) is 4. The predicted molar refractivity (Wildman–Crippen MR) is 617 cm³/mol. The Labute approximate surface area is 857 Å². The lowest BCUT2D eigenvalue weighted by atomic mass is 9.65. The minimum atomic E-state index is -0.549. The maximum atomic E-state index is 6.74. The first kappa shape index (κ1) is 81.0. The fourth-order valence-corrected chi connectivity index (χ4v) is 30.8. The van der Waals surface area contributed by atoms with Crippen molar-refractivity contribution < 1.29 is 8.83 Å². The Morgan fingerprint density at radius 3 is 0.966 bits per heavy atom. The highest BCUT2D eigenvalue weighted by atomic mass is 32.1. The summed E-state index contributed by atoms with van der Waals surface area (Å²) in [5.41, 5.74) is 47.1. The largest absolute Gasteiger partial charge is 0.455 e. The van der Waals surface area contributed by atoms with Crippen LogP contribution in [0.25, 0.3) is 245 Å². The molecular formula is C141H81N3O2S2. The van der Waals surface area contributed by atoms with Crippen LogP contribution in [0.5, 0.6) is 0 Å². The maximum absolute atomic E-state index is 6.74. The van der Waals surface area contributed by atoms with E-state index in [9.17, 15) is 0 Å². The molecule has 0 bridgehead atoms. The van der Waals surface area contributed by atoms with Crippen molar-refractivity contribution >= 4 is 172 Å². The van der Waals surface area contributed by atoms with Gasteiger partial charge in [-0.15, -0.1) is 22.7 Å². The highest BCUT2D eigenvalue weighted by Gasteiger charge is 2.55. The number of aromatic nitrogens is 3. The van der Waals surface area contributed by atoms with Gasteiger partial charge < -0.3 is 22.5 Å². The maximum Gasteiger partial charge on any atom is 0.143 e. The summed E-state index contributed by atoms with van der Waals surface area (Å²) in [6.45, 7) is 0. The Morgan fingerprint density at radius 1 is 0.162 bits per heavy atom. The molecule has 148 heavy (non-hydrogen) atoms. The molecule has 36 rings (SSSR count). The van der Waals surface area contributed by atoms with Crippen molar-refractivity contribution in [2.24, 2.45) is 0 Å². The van der Waals surface area contributed by atoms with Gasteiger partial charge in [-0.1, -0.05) is 400 Å². The van der Waals surface area contributed by atoms with Gasteiger partial charge in [-0.2, -0.15) is 0 Å². The molecule has 7 aromatic heterocycles. The highest BCUT2D eigenvalue weighted by Crippen LogP contribution is 2.67. The minimum absolute atomic E-state index is 0.434. The molecule has 7 heteroatoms. The second-order valence-corrected chi connectivity index (χ2v) is 42.8. The van der Waals surface area contributed by atoms with E-state index in [2.05, 4.69) is 499 Å². The van der Waals surface area contributed by atoms with Crippen LogP contribution in [-0.4, -0.2) is 13.7 Å². The van der Waals surface area contributed by atoms with Crippen LogP contribution in [0, 0.1) is 0 Å². The molecule has 23 aromatic carbocycles. The van der Waals surface area contributed by atoms with Gasteiger partial charge in [0.25, 0.3) is 0 Å². The van der Waals surface area contributed by atoms with Gasteiger partial charge in [0.2, 0.25) is 0 Å². The van der Waals surface area contributed by atoms with Crippen LogP contribution in [0.2, 0.25) is 0 Å². The summed E-state index contributed by atoms with van der Waals surface area (Å²) in [5, 5.41) is 17.5. The van der Waals surface area contributed by atoms with Gasteiger partial charge in [0.05, 0.1) is 66.4 Å². The summed E-state index contributed by atoms with van der Waals surface area (Å²) in [5.74, 6) is 0. The van der Waals surface area contributed by atoms with Crippen LogP contribution < -0.4 is 0 Å². The van der Waals surface area contributed by atoms with Crippen molar-refractivity contribution in [3.63, 3.8) is 0 Å². The van der Waals surface area contributed by atoms with E-state index in [4.69, 9.17) is 8.83 Å². The van der Waals surface area contributed by atoms with E-state index < -0.39 is 16.2 Å². The Bertz CT molecular complexity index is 11100. The number of hydrogen-bond donors (Lipinski definition) is 0. The third-order valence-electron chi connectivity index (χ3n) is 34.0. The number of fused-ring (bicyclic) bond motifs is 48. The molecule has 0 N–H and O–H groups in total. The van der Waals surface area contributed by atoms with Crippen molar-refractivity contribution in [1.82, 2.24) is 13.7 Å². The van der Waals surface area contributed by atoms with Crippen molar-refractivity contribution in [3.8, 4) is 95.0 Å². The second kappa shape index (κ2) is 29.9. The van der Waals surface area contributed by atoms with E-state index in [-0.39, 0.29) is 0 Å². The molecule has 10 heterocycles. The van der Waals surface area contributed by atoms with Crippen molar-refractivity contribution in [2.45, 2.75) is 16.2 Å². The zero-order valence-corrected chi connectivity index (χ0v) is 81.4. The second-order valence-electron chi connectivity index (χ2n) is 40.7. The molecule has 3 aliphatic carbocycles. The van der Waals surface area contributed by atoms with Crippen LogP contribution in [-0.2, 0) is 16.2 Å². The zero-order chi connectivity index (χ0) is 96.2.